The van der Waals surface area contributed by atoms with Crippen LogP contribution in [0.25, 0.3) is 0 Å². The zero-order chi connectivity index (χ0) is 28.4. The van der Waals surface area contributed by atoms with Crippen molar-refractivity contribution < 1.29 is 28.9 Å². The molecular weight excluding hydrogens is 492 g/mol. The van der Waals surface area contributed by atoms with Crippen LogP contribution in [0.15, 0.2) is 36.5 Å². The SMILES string of the molecule is CCCCC/C=C\C/C=C\CC1OC1C/C=C\CCCC(=O)O[C@@H](CO)COC(=O)CCCCCCCCC. The fourth-order valence-electron chi connectivity index (χ4n) is 4.29. The molecule has 1 aliphatic rings. The van der Waals surface area contributed by atoms with Crippen molar-refractivity contribution in [1.29, 1.82) is 0 Å². The number of ether oxygens (including phenoxy) is 3. The molecule has 6 heteroatoms. The maximum absolute atomic E-state index is 12.1. The molecule has 1 N–H and O–H groups in total. The van der Waals surface area contributed by atoms with Gasteiger partial charge in [0.15, 0.2) is 6.10 Å². The van der Waals surface area contributed by atoms with Gasteiger partial charge in [-0.15, -0.1) is 0 Å². The van der Waals surface area contributed by atoms with Crippen LogP contribution in [-0.4, -0.2) is 48.6 Å². The van der Waals surface area contributed by atoms with E-state index in [9.17, 15) is 14.7 Å². The molecule has 39 heavy (non-hydrogen) atoms. The zero-order valence-electron chi connectivity index (χ0n) is 24.8. The second kappa shape index (κ2) is 25.1. The molecule has 0 spiro atoms. The van der Waals surface area contributed by atoms with Crippen molar-refractivity contribution in [2.75, 3.05) is 13.2 Å². The van der Waals surface area contributed by atoms with Crippen molar-refractivity contribution in [2.45, 2.75) is 148 Å². The van der Waals surface area contributed by atoms with Crippen LogP contribution in [-0.2, 0) is 23.8 Å². The number of unbranched alkanes of at least 4 members (excludes halogenated alkanes) is 10. The molecule has 1 heterocycles. The van der Waals surface area contributed by atoms with Crippen molar-refractivity contribution in [1.82, 2.24) is 0 Å². The second-order valence-corrected chi connectivity index (χ2v) is 10.6. The van der Waals surface area contributed by atoms with Crippen molar-refractivity contribution in [3.05, 3.63) is 36.5 Å². The highest BCUT2D eigenvalue weighted by Crippen LogP contribution is 2.29. The molecule has 224 valence electrons. The number of aliphatic hydroxyl groups excluding tert-OH is 1. The summed E-state index contributed by atoms with van der Waals surface area (Å²) in [5, 5.41) is 9.46. The maximum atomic E-state index is 12.1. The monoisotopic (exact) mass is 548 g/mol. The van der Waals surface area contributed by atoms with Gasteiger partial charge in [0.2, 0.25) is 0 Å². The molecule has 1 fully saturated rings. The lowest BCUT2D eigenvalue weighted by Crippen LogP contribution is -2.28. The molecule has 0 amide bonds. The molecule has 0 bridgehead atoms. The van der Waals surface area contributed by atoms with Gasteiger partial charge in [-0.2, -0.15) is 0 Å². The average Bonchev–Trinajstić information content (AvgIpc) is 3.69. The van der Waals surface area contributed by atoms with Gasteiger partial charge in [0.25, 0.3) is 0 Å². The summed E-state index contributed by atoms with van der Waals surface area (Å²) >= 11 is 0. The van der Waals surface area contributed by atoms with Gasteiger partial charge in [-0.3, -0.25) is 9.59 Å². The summed E-state index contributed by atoms with van der Waals surface area (Å²) in [4.78, 5) is 24.0. The van der Waals surface area contributed by atoms with Gasteiger partial charge < -0.3 is 19.3 Å². The van der Waals surface area contributed by atoms with Crippen LogP contribution in [0.4, 0.5) is 0 Å². The highest BCUT2D eigenvalue weighted by Gasteiger charge is 2.35. The topological polar surface area (TPSA) is 85.4 Å². The summed E-state index contributed by atoms with van der Waals surface area (Å²) in [7, 11) is 0. The summed E-state index contributed by atoms with van der Waals surface area (Å²) in [6, 6.07) is 0. The maximum Gasteiger partial charge on any atom is 0.306 e. The average molecular weight is 549 g/mol. The first-order chi connectivity index (χ1) is 19.1. The van der Waals surface area contributed by atoms with Gasteiger partial charge in [-0.25, -0.2) is 0 Å². The van der Waals surface area contributed by atoms with E-state index in [0.717, 1.165) is 44.9 Å². The lowest BCUT2D eigenvalue weighted by Gasteiger charge is -2.15. The molecule has 0 aliphatic carbocycles. The van der Waals surface area contributed by atoms with Gasteiger partial charge in [-0.1, -0.05) is 102 Å². The number of allylic oxidation sites excluding steroid dienone is 4. The van der Waals surface area contributed by atoms with E-state index >= 15 is 0 Å². The van der Waals surface area contributed by atoms with Crippen LogP contribution in [0.2, 0.25) is 0 Å². The van der Waals surface area contributed by atoms with Crippen LogP contribution in [0.5, 0.6) is 0 Å². The molecule has 1 aliphatic heterocycles. The number of hydrogen-bond acceptors (Lipinski definition) is 6. The van der Waals surface area contributed by atoms with E-state index < -0.39 is 6.10 Å². The molecule has 0 aromatic heterocycles. The Bertz CT molecular complexity index is 698. The Hall–Kier alpha value is -1.92. The van der Waals surface area contributed by atoms with Gasteiger partial charge in [0.1, 0.15) is 6.61 Å². The Balaban J connectivity index is 2.00. The summed E-state index contributed by atoms with van der Waals surface area (Å²) in [5.41, 5.74) is 0. The minimum absolute atomic E-state index is 0.0923. The van der Waals surface area contributed by atoms with E-state index in [4.69, 9.17) is 14.2 Å². The normalized spacial score (nSPS) is 17.8. The molecule has 0 radical (unpaired) electrons. The van der Waals surface area contributed by atoms with E-state index in [1.165, 1.54) is 51.4 Å². The van der Waals surface area contributed by atoms with Crippen LogP contribution >= 0.6 is 0 Å². The Morgan fingerprint density at radius 2 is 1.28 bits per heavy atom. The highest BCUT2D eigenvalue weighted by molar-refractivity contribution is 5.70. The number of esters is 2. The van der Waals surface area contributed by atoms with Gasteiger partial charge >= 0.3 is 11.9 Å². The van der Waals surface area contributed by atoms with Crippen LogP contribution < -0.4 is 0 Å². The third-order valence-corrected chi connectivity index (χ3v) is 6.84. The largest absolute Gasteiger partial charge is 0.462 e. The van der Waals surface area contributed by atoms with Gasteiger partial charge in [0.05, 0.1) is 18.8 Å². The smallest absolute Gasteiger partial charge is 0.306 e. The quantitative estimate of drug-likeness (QED) is 0.0511. The number of epoxide rings is 1. The highest BCUT2D eigenvalue weighted by atomic mass is 16.6. The van der Waals surface area contributed by atoms with Crippen LogP contribution in [0.1, 0.15) is 129 Å². The van der Waals surface area contributed by atoms with Crippen molar-refractivity contribution in [3.63, 3.8) is 0 Å². The number of carbonyl (C=O) groups is 2. The lowest BCUT2D eigenvalue weighted by atomic mass is 10.1. The van der Waals surface area contributed by atoms with Crippen molar-refractivity contribution >= 4 is 11.9 Å². The Morgan fingerprint density at radius 1 is 0.718 bits per heavy atom. The molecule has 1 saturated heterocycles. The van der Waals surface area contributed by atoms with Gasteiger partial charge in [0, 0.05) is 12.8 Å². The van der Waals surface area contributed by atoms with Gasteiger partial charge in [-0.05, 0) is 51.4 Å². The lowest BCUT2D eigenvalue weighted by molar-refractivity contribution is -0.161. The number of hydrogen-bond donors (Lipinski definition) is 1. The predicted molar refractivity (Wildman–Crippen MR) is 158 cm³/mol. The number of aliphatic hydroxyl groups is 1. The fourth-order valence-corrected chi connectivity index (χ4v) is 4.29. The molecule has 6 nitrogen and oxygen atoms in total. The molecule has 0 aromatic rings. The summed E-state index contributed by atoms with van der Waals surface area (Å²) in [6.07, 6.45) is 31.0. The van der Waals surface area contributed by atoms with E-state index in [1.54, 1.807) is 0 Å². The predicted octanol–water partition coefficient (Wildman–Crippen LogP) is 7.93. The molecule has 3 atom stereocenters. The van der Waals surface area contributed by atoms with Crippen LogP contribution in [0, 0.1) is 0 Å². The summed E-state index contributed by atoms with van der Waals surface area (Å²) < 4.78 is 16.2. The standard InChI is InChI=1S/C33H56O6/c1-3-5-7-9-11-12-14-15-19-23-30-31(39-30)24-20-17-18-22-26-33(36)38-29(27-34)28-37-32(35)25-21-16-13-10-8-6-4-2/h11-12,15,17,19-20,29-31,34H,3-10,13-14,16,18,21-28H2,1-2H3/b12-11-,19-15-,20-17-/t29-,30?,31?/m0/s1. The summed E-state index contributed by atoms with van der Waals surface area (Å²) in [5.74, 6) is -0.676. The van der Waals surface area contributed by atoms with Crippen LogP contribution in [0.3, 0.4) is 0 Å². The number of carbonyl (C=O) groups excluding carboxylic acids is 2. The molecule has 0 aromatic carbocycles. The minimum Gasteiger partial charge on any atom is -0.462 e. The van der Waals surface area contributed by atoms with E-state index in [1.807, 2.05) is 0 Å². The first-order valence-electron chi connectivity index (χ1n) is 15.7. The summed E-state index contributed by atoms with van der Waals surface area (Å²) in [6.45, 7) is 3.97. The molecule has 1 rings (SSSR count). The first-order valence-corrected chi connectivity index (χ1v) is 15.7. The second-order valence-electron chi connectivity index (χ2n) is 10.6. The Kier molecular flexibility index (Phi) is 22.6. The van der Waals surface area contributed by atoms with Crippen molar-refractivity contribution in [2.24, 2.45) is 0 Å². The van der Waals surface area contributed by atoms with E-state index in [-0.39, 0.29) is 31.6 Å². The third kappa shape index (κ3) is 21.6. The Morgan fingerprint density at radius 3 is 2.00 bits per heavy atom. The minimum atomic E-state index is -0.800. The Labute approximate surface area is 238 Å². The third-order valence-electron chi connectivity index (χ3n) is 6.84. The first kappa shape index (κ1) is 35.1. The van der Waals surface area contributed by atoms with Crippen molar-refractivity contribution in [3.8, 4) is 0 Å². The van der Waals surface area contributed by atoms with E-state index in [0.29, 0.717) is 25.0 Å². The molecule has 0 saturated carbocycles. The molecule has 2 unspecified atom stereocenters. The molecular formula is C33H56O6. The fraction of sp³-hybridized carbons (Fsp3) is 0.758. The number of rotatable bonds is 26. The zero-order valence-corrected chi connectivity index (χ0v) is 24.8. The van der Waals surface area contributed by atoms with E-state index in [2.05, 4.69) is 50.3 Å².